The van der Waals surface area contributed by atoms with Gasteiger partial charge < -0.3 is 15.0 Å². The average molecular weight is 509 g/mol. The van der Waals surface area contributed by atoms with Gasteiger partial charge in [0.1, 0.15) is 17.3 Å². The van der Waals surface area contributed by atoms with Crippen molar-refractivity contribution >= 4 is 33.7 Å². The zero-order valence-electron chi connectivity index (χ0n) is 20.4. The molecule has 0 atom stereocenters. The van der Waals surface area contributed by atoms with Gasteiger partial charge in [0.05, 0.1) is 41.9 Å². The summed E-state index contributed by atoms with van der Waals surface area (Å²) in [5, 5.41) is 11.1. The molecule has 1 aromatic carbocycles. The van der Waals surface area contributed by atoms with Crippen LogP contribution in [0.3, 0.4) is 0 Å². The minimum Gasteiger partial charge on any atom is -0.497 e. The van der Waals surface area contributed by atoms with Crippen LogP contribution in [0, 0.1) is 5.82 Å². The molecule has 0 fully saturated rings. The van der Waals surface area contributed by atoms with Gasteiger partial charge in [0.2, 0.25) is 5.91 Å². The molecule has 0 bridgehead atoms. The van der Waals surface area contributed by atoms with Crippen molar-refractivity contribution in [3.8, 4) is 39.7 Å². The second kappa shape index (κ2) is 9.36. The van der Waals surface area contributed by atoms with Gasteiger partial charge in [-0.2, -0.15) is 5.10 Å². The number of carbonyl (C=O) groups is 1. The van der Waals surface area contributed by atoms with Crippen molar-refractivity contribution in [2.45, 2.75) is 13.3 Å². The van der Waals surface area contributed by atoms with E-state index in [1.54, 1.807) is 43.8 Å². The van der Waals surface area contributed by atoms with Crippen LogP contribution in [0.15, 0.2) is 61.2 Å². The normalized spacial score (nSPS) is 11.2. The molecule has 6 aromatic rings. The number of methoxy groups -OCH3 is 1. The van der Waals surface area contributed by atoms with Gasteiger partial charge in [-0.3, -0.25) is 19.9 Å². The van der Waals surface area contributed by atoms with Crippen LogP contribution in [0.25, 0.3) is 56.0 Å². The summed E-state index contributed by atoms with van der Waals surface area (Å²) in [5.74, 6) is 0.402. The van der Waals surface area contributed by atoms with Crippen LogP contribution in [0.5, 0.6) is 5.75 Å². The molecule has 11 heteroatoms. The Morgan fingerprint density at radius 2 is 1.97 bits per heavy atom. The number of nitrogens with zero attached hydrogens (tertiary/aromatic N) is 5. The second-order valence-corrected chi connectivity index (χ2v) is 8.57. The summed E-state index contributed by atoms with van der Waals surface area (Å²) in [6.07, 6.45) is 6.95. The van der Waals surface area contributed by atoms with Crippen LogP contribution in [0.1, 0.15) is 13.3 Å². The van der Waals surface area contributed by atoms with Gasteiger partial charge in [0.15, 0.2) is 11.5 Å². The monoisotopic (exact) mass is 508 g/mol. The van der Waals surface area contributed by atoms with Crippen LogP contribution < -0.4 is 10.1 Å². The van der Waals surface area contributed by atoms with Gasteiger partial charge in [-0.1, -0.05) is 6.92 Å². The first kappa shape index (κ1) is 23.2. The summed E-state index contributed by atoms with van der Waals surface area (Å²) in [5.41, 5.74) is 5.75. The minimum absolute atomic E-state index is 0.0981. The first-order valence-electron chi connectivity index (χ1n) is 11.8. The zero-order chi connectivity index (χ0) is 26.2. The van der Waals surface area contributed by atoms with E-state index in [2.05, 4.69) is 40.4 Å². The van der Waals surface area contributed by atoms with E-state index in [0.717, 1.165) is 22.0 Å². The Kier molecular flexibility index (Phi) is 5.72. The number of ether oxygens (including phenoxy) is 1. The maximum absolute atomic E-state index is 14.2. The lowest BCUT2D eigenvalue weighted by molar-refractivity contribution is -0.115. The molecule has 38 heavy (non-hydrogen) atoms. The highest BCUT2D eigenvalue weighted by Gasteiger charge is 2.17. The number of carbonyl (C=O) groups excluding carboxylic acids is 1. The average Bonchev–Trinajstić information content (AvgIpc) is 3.56. The molecule has 0 saturated heterocycles. The molecule has 188 valence electrons. The number of fused-ring (bicyclic) bond motifs is 2. The number of halogens is 1. The Morgan fingerprint density at radius 1 is 1.08 bits per heavy atom. The lowest BCUT2D eigenvalue weighted by Gasteiger charge is -2.06. The Morgan fingerprint density at radius 3 is 2.82 bits per heavy atom. The number of pyridine rings is 3. The SMILES string of the molecule is CCC(=O)Nc1cncc(-c2cc3c(-c4nc5nccc(-c6cc(F)cc(OC)c6)c5[nH]4)n[nH]c3cn2)c1. The topological polar surface area (TPSA) is 134 Å². The molecule has 1 amide bonds. The molecule has 3 N–H and O–H groups in total. The predicted molar refractivity (Wildman–Crippen MR) is 141 cm³/mol. The number of rotatable bonds is 6. The van der Waals surface area contributed by atoms with E-state index in [4.69, 9.17) is 4.74 Å². The number of hydrogen-bond acceptors (Lipinski definition) is 7. The third-order valence-electron chi connectivity index (χ3n) is 6.12. The van der Waals surface area contributed by atoms with Gasteiger partial charge in [0.25, 0.3) is 0 Å². The number of imidazole rings is 1. The van der Waals surface area contributed by atoms with Gasteiger partial charge in [-0.25, -0.2) is 14.4 Å². The summed E-state index contributed by atoms with van der Waals surface area (Å²) in [7, 11) is 1.49. The fourth-order valence-corrected chi connectivity index (χ4v) is 4.25. The van der Waals surface area contributed by atoms with E-state index in [0.29, 0.717) is 51.8 Å². The number of nitrogens with one attached hydrogen (secondary N) is 3. The number of amides is 1. The van der Waals surface area contributed by atoms with Gasteiger partial charge in [-0.15, -0.1) is 0 Å². The summed E-state index contributed by atoms with van der Waals surface area (Å²) < 4.78 is 19.5. The van der Waals surface area contributed by atoms with Crippen molar-refractivity contribution in [2.24, 2.45) is 0 Å². The Hall–Kier alpha value is -5.19. The maximum atomic E-state index is 14.2. The zero-order valence-corrected chi connectivity index (χ0v) is 20.4. The number of aromatic amines is 2. The fraction of sp³-hybridized carbons (Fsp3) is 0.111. The lowest BCUT2D eigenvalue weighted by Crippen LogP contribution is -2.09. The summed E-state index contributed by atoms with van der Waals surface area (Å²) in [6, 6.07) is 10.0. The molecule has 5 heterocycles. The predicted octanol–water partition coefficient (Wildman–Crippen LogP) is 5.12. The Bertz CT molecular complexity index is 1830. The van der Waals surface area contributed by atoms with Crippen LogP contribution in [0.2, 0.25) is 0 Å². The van der Waals surface area contributed by atoms with E-state index < -0.39 is 5.82 Å². The smallest absolute Gasteiger partial charge is 0.224 e. The summed E-state index contributed by atoms with van der Waals surface area (Å²) in [4.78, 5) is 32.9. The molecule has 0 aliphatic rings. The second-order valence-electron chi connectivity index (χ2n) is 8.57. The van der Waals surface area contributed by atoms with Crippen molar-refractivity contribution in [1.82, 2.24) is 35.1 Å². The number of anilines is 1. The Labute approximate surface area is 215 Å². The molecule has 0 spiro atoms. The van der Waals surface area contributed by atoms with Crippen LogP contribution in [0.4, 0.5) is 10.1 Å². The molecule has 0 saturated carbocycles. The first-order valence-corrected chi connectivity index (χ1v) is 11.8. The lowest BCUT2D eigenvalue weighted by atomic mass is 10.1. The highest BCUT2D eigenvalue weighted by Crippen LogP contribution is 2.33. The molecule has 0 aliphatic heterocycles. The molecule has 0 unspecified atom stereocenters. The van der Waals surface area contributed by atoms with Crippen LogP contribution in [-0.2, 0) is 4.79 Å². The molecule has 5 aromatic heterocycles. The van der Waals surface area contributed by atoms with Gasteiger partial charge in [-0.05, 0) is 35.9 Å². The van der Waals surface area contributed by atoms with E-state index in [9.17, 15) is 9.18 Å². The van der Waals surface area contributed by atoms with Crippen molar-refractivity contribution in [3.05, 3.63) is 67.0 Å². The molecule has 0 radical (unpaired) electrons. The number of H-pyrrole nitrogens is 2. The van der Waals surface area contributed by atoms with Crippen molar-refractivity contribution < 1.29 is 13.9 Å². The summed E-state index contributed by atoms with van der Waals surface area (Å²) in [6.45, 7) is 1.79. The largest absolute Gasteiger partial charge is 0.497 e. The standard InChI is InChI=1S/C27H21FN8O2/c1-3-23(37)32-17-7-15(11-29-12-17)21-10-20-22(13-31-21)35-36-25(20)27-33-24-19(4-5-30-26(24)34-27)14-6-16(28)9-18(8-14)38-2/h4-13H,3H2,1-2H3,(H,32,37)(H,35,36)(H,30,33,34). The fourth-order valence-electron chi connectivity index (χ4n) is 4.25. The van der Waals surface area contributed by atoms with E-state index >= 15 is 0 Å². The molecule has 10 nitrogen and oxygen atoms in total. The van der Waals surface area contributed by atoms with Crippen molar-refractivity contribution in [3.63, 3.8) is 0 Å². The maximum Gasteiger partial charge on any atom is 0.224 e. The third kappa shape index (κ3) is 4.19. The third-order valence-corrected chi connectivity index (χ3v) is 6.12. The van der Waals surface area contributed by atoms with Crippen molar-refractivity contribution in [1.29, 1.82) is 0 Å². The Balaban J connectivity index is 1.43. The van der Waals surface area contributed by atoms with Crippen molar-refractivity contribution in [2.75, 3.05) is 12.4 Å². The molecule has 6 rings (SSSR count). The van der Waals surface area contributed by atoms with Gasteiger partial charge >= 0.3 is 0 Å². The highest BCUT2D eigenvalue weighted by atomic mass is 19.1. The molecular formula is C27H21FN8O2. The first-order chi connectivity index (χ1) is 18.5. The van der Waals surface area contributed by atoms with E-state index in [1.807, 2.05) is 12.1 Å². The quantitative estimate of drug-likeness (QED) is 0.284. The number of aromatic nitrogens is 7. The van der Waals surface area contributed by atoms with Crippen LogP contribution in [-0.4, -0.2) is 48.1 Å². The minimum atomic E-state index is -0.407. The highest BCUT2D eigenvalue weighted by molar-refractivity contribution is 5.97. The number of benzene rings is 1. The van der Waals surface area contributed by atoms with Crippen LogP contribution >= 0.6 is 0 Å². The van der Waals surface area contributed by atoms with Gasteiger partial charge in [0, 0.05) is 41.4 Å². The molecule has 0 aliphatic carbocycles. The molecular weight excluding hydrogens is 487 g/mol. The number of hydrogen-bond donors (Lipinski definition) is 3. The summed E-state index contributed by atoms with van der Waals surface area (Å²) >= 11 is 0. The van der Waals surface area contributed by atoms with E-state index in [1.165, 1.54) is 19.2 Å². The van der Waals surface area contributed by atoms with E-state index in [-0.39, 0.29) is 5.91 Å².